The van der Waals surface area contributed by atoms with Gasteiger partial charge in [0, 0.05) is 29.0 Å². The molecule has 2 aromatic carbocycles. The minimum absolute atomic E-state index is 0.0633. The van der Waals surface area contributed by atoms with Crippen molar-refractivity contribution in [1.29, 1.82) is 0 Å². The molecule has 180 valence electrons. The van der Waals surface area contributed by atoms with Crippen molar-refractivity contribution in [3.63, 3.8) is 0 Å². The summed E-state index contributed by atoms with van der Waals surface area (Å²) in [6.07, 6.45) is 0.0633. The van der Waals surface area contributed by atoms with Crippen molar-refractivity contribution in [2.75, 3.05) is 20.5 Å². The van der Waals surface area contributed by atoms with Crippen molar-refractivity contribution >= 4 is 0 Å². The summed E-state index contributed by atoms with van der Waals surface area (Å²) in [7, 11) is 1.69. The van der Waals surface area contributed by atoms with E-state index in [-0.39, 0.29) is 24.7 Å². The fourth-order valence-corrected chi connectivity index (χ4v) is 3.86. The third-order valence-electron chi connectivity index (χ3n) is 5.27. The van der Waals surface area contributed by atoms with Gasteiger partial charge in [0.15, 0.2) is 23.0 Å². The molecule has 32 heavy (non-hydrogen) atoms. The zero-order chi connectivity index (χ0) is 24.3. The highest BCUT2D eigenvalue weighted by molar-refractivity contribution is 5.59. The number of fused-ring (bicyclic) bond motifs is 2. The summed E-state index contributed by atoms with van der Waals surface area (Å²) in [6, 6.07) is 10.0. The van der Waals surface area contributed by atoms with Crippen LogP contribution >= 0.6 is 0 Å². The van der Waals surface area contributed by atoms with Crippen LogP contribution in [-0.4, -0.2) is 26.6 Å². The Morgan fingerprint density at radius 1 is 0.875 bits per heavy atom. The van der Waals surface area contributed by atoms with E-state index < -0.39 is 0 Å². The molecule has 4 rings (SSSR count). The molecule has 0 amide bonds. The normalized spacial score (nSPS) is 19.4. The van der Waals surface area contributed by atoms with Gasteiger partial charge in [-0.25, -0.2) is 0 Å². The first-order valence-electron chi connectivity index (χ1n) is 12.0. The van der Waals surface area contributed by atoms with Gasteiger partial charge in [0.2, 0.25) is 6.79 Å². The van der Waals surface area contributed by atoms with E-state index in [1.54, 1.807) is 7.11 Å². The summed E-state index contributed by atoms with van der Waals surface area (Å²) in [6.45, 7) is 19.1. The van der Waals surface area contributed by atoms with Gasteiger partial charge in [0.1, 0.15) is 5.75 Å². The number of para-hydroxylation sites is 1. The quantitative estimate of drug-likeness (QED) is 0.488. The topological polar surface area (TPSA) is 46.2 Å². The van der Waals surface area contributed by atoms with Crippen molar-refractivity contribution < 1.29 is 23.7 Å². The van der Waals surface area contributed by atoms with Gasteiger partial charge in [-0.3, -0.25) is 0 Å². The predicted octanol–water partition coefficient (Wildman–Crippen LogP) is 7.45. The lowest BCUT2D eigenvalue weighted by Gasteiger charge is -2.37. The van der Waals surface area contributed by atoms with Crippen LogP contribution in [0.15, 0.2) is 30.3 Å². The van der Waals surface area contributed by atoms with Crippen LogP contribution in [0.5, 0.6) is 28.7 Å². The van der Waals surface area contributed by atoms with Gasteiger partial charge in [-0.15, -0.1) is 0 Å². The molecular formula is C27H42O5. The summed E-state index contributed by atoms with van der Waals surface area (Å²) < 4.78 is 28.8. The fourth-order valence-electron chi connectivity index (χ4n) is 3.86. The number of methoxy groups -OCH3 is 1. The molecule has 2 aromatic rings. The molecule has 0 aliphatic carbocycles. The molecule has 0 spiro atoms. The Balaban J connectivity index is 0.000000789. The Hall–Kier alpha value is -2.56. The van der Waals surface area contributed by atoms with E-state index in [1.165, 1.54) is 0 Å². The van der Waals surface area contributed by atoms with Gasteiger partial charge in [-0.2, -0.15) is 0 Å². The summed E-state index contributed by atoms with van der Waals surface area (Å²) in [5.41, 5.74) is 2.19. The molecule has 5 heteroatoms. The Morgan fingerprint density at radius 3 is 2.09 bits per heavy atom. The number of ether oxygens (including phenoxy) is 5. The van der Waals surface area contributed by atoms with Crippen LogP contribution in [-0.2, 0) is 0 Å². The van der Waals surface area contributed by atoms with Gasteiger partial charge < -0.3 is 23.7 Å². The molecule has 3 unspecified atom stereocenters. The molecule has 2 heterocycles. The van der Waals surface area contributed by atoms with E-state index >= 15 is 0 Å². The van der Waals surface area contributed by atoms with E-state index in [0.717, 1.165) is 39.9 Å². The van der Waals surface area contributed by atoms with Crippen molar-refractivity contribution in [1.82, 2.24) is 0 Å². The molecule has 3 atom stereocenters. The Kier molecular flexibility index (Phi) is 11.8. The molecule has 0 saturated carbocycles. The molecule has 0 N–H and O–H groups in total. The summed E-state index contributed by atoms with van der Waals surface area (Å²) in [5.74, 6) is 4.25. The van der Waals surface area contributed by atoms with E-state index in [1.807, 2.05) is 72.7 Å². The lowest BCUT2D eigenvalue weighted by Crippen LogP contribution is -2.32. The van der Waals surface area contributed by atoms with E-state index in [2.05, 4.69) is 19.9 Å². The second kappa shape index (κ2) is 13.8. The van der Waals surface area contributed by atoms with Crippen molar-refractivity contribution in [3.05, 3.63) is 41.5 Å². The van der Waals surface area contributed by atoms with E-state index in [0.29, 0.717) is 6.61 Å². The summed E-state index contributed by atoms with van der Waals surface area (Å²) in [4.78, 5) is 0. The SMILES string of the molecule is CC.CC.CC.CCOc1cccc(C2c3cc4c(cc3OC(C)C2C)OCO4)c1OC. The standard InChI is InChI=1S/C21H24O5.3C2H6/c1-5-23-16-8-6-7-14(21(16)22-4)20-12(2)13(3)26-17-10-19-18(9-15(17)20)24-11-25-19;3*1-2/h6-10,12-13,20H,5,11H2,1-4H3;3*1-2H3. The van der Waals surface area contributed by atoms with E-state index in [4.69, 9.17) is 23.7 Å². The van der Waals surface area contributed by atoms with Crippen LogP contribution < -0.4 is 23.7 Å². The fraction of sp³-hybridized carbons (Fsp3) is 0.556. The lowest BCUT2D eigenvalue weighted by atomic mass is 9.76. The highest BCUT2D eigenvalue weighted by Crippen LogP contribution is 2.51. The van der Waals surface area contributed by atoms with Crippen LogP contribution in [0.3, 0.4) is 0 Å². The monoisotopic (exact) mass is 446 g/mol. The zero-order valence-corrected chi connectivity index (χ0v) is 21.6. The van der Waals surface area contributed by atoms with Crippen LogP contribution in [0.25, 0.3) is 0 Å². The van der Waals surface area contributed by atoms with Gasteiger partial charge >= 0.3 is 0 Å². The Labute approximate surface area is 195 Å². The maximum Gasteiger partial charge on any atom is 0.231 e. The molecule has 2 aliphatic heterocycles. The van der Waals surface area contributed by atoms with Crippen LogP contribution in [0.4, 0.5) is 0 Å². The molecule has 0 saturated heterocycles. The Bertz CT molecular complexity index is 818. The minimum Gasteiger partial charge on any atom is -0.493 e. The molecule has 0 fully saturated rings. The van der Waals surface area contributed by atoms with Crippen molar-refractivity contribution in [3.8, 4) is 28.7 Å². The molecule has 0 aromatic heterocycles. The molecular weight excluding hydrogens is 404 g/mol. The molecule has 0 radical (unpaired) electrons. The predicted molar refractivity (Wildman–Crippen MR) is 132 cm³/mol. The molecule has 5 nitrogen and oxygen atoms in total. The van der Waals surface area contributed by atoms with E-state index in [9.17, 15) is 0 Å². The average Bonchev–Trinajstić information content (AvgIpc) is 3.30. The maximum atomic E-state index is 6.16. The third-order valence-corrected chi connectivity index (χ3v) is 5.27. The summed E-state index contributed by atoms with van der Waals surface area (Å²) in [5, 5.41) is 0. The number of benzene rings is 2. The van der Waals surface area contributed by atoms with Gasteiger partial charge in [0.25, 0.3) is 0 Å². The highest BCUT2D eigenvalue weighted by Gasteiger charge is 2.38. The van der Waals surface area contributed by atoms with Crippen LogP contribution in [0.2, 0.25) is 0 Å². The Morgan fingerprint density at radius 2 is 1.50 bits per heavy atom. The van der Waals surface area contributed by atoms with Gasteiger partial charge in [-0.05, 0) is 26.0 Å². The second-order valence-electron chi connectivity index (χ2n) is 6.71. The first kappa shape index (κ1) is 27.5. The van der Waals surface area contributed by atoms with Crippen molar-refractivity contribution in [2.45, 2.75) is 74.3 Å². The van der Waals surface area contributed by atoms with Gasteiger partial charge in [0.05, 0.1) is 19.8 Å². The maximum absolute atomic E-state index is 6.16. The largest absolute Gasteiger partial charge is 0.493 e. The van der Waals surface area contributed by atoms with Crippen molar-refractivity contribution in [2.24, 2.45) is 5.92 Å². The number of rotatable bonds is 4. The second-order valence-corrected chi connectivity index (χ2v) is 6.71. The average molecular weight is 447 g/mol. The van der Waals surface area contributed by atoms with Gasteiger partial charge in [-0.1, -0.05) is 60.6 Å². The van der Waals surface area contributed by atoms with Crippen LogP contribution in [0, 0.1) is 5.92 Å². The number of hydrogen-bond acceptors (Lipinski definition) is 5. The molecule has 0 bridgehead atoms. The smallest absolute Gasteiger partial charge is 0.231 e. The van der Waals surface area contributed by atoms with Crippen LogP contribution in [0.1, 0.15) is 79.4 Å². The number of hydrogen-bond donors (Lipinski definition) is 0. The first-order valence-corrected chi connectivity index (χ1v) is 12.0. The summed E-state index contributed by atoms with van der Waals surface area (Å²) >= 11 is 0. The minimum atomic E-state index is 0.0633. The molecule has 2 aliphatic rings. The first-order chi connectivity index (χ1) is 15.6. The highest BCUT2D eigenvalue weighted by atomic mass is 16.7. The zero-order valence-electron chi connectivity index (χ0n) is 21.6. The lowest BCUT2D eigenvalue weighted by molar-refractivity contribution is 0.126. The third kappa shape index (κ3) is 5.62.